The lowest BCUT2D eigenvalue weighted by molar-refractivity contribution is 0.142. The van der Waals surface area contributed by atoms with Gasteiger partial charge in [-0.1, -0.05) is 16.8 Å². The first kappa shape index (κ1) is 21.0. The average Bonchev–Trinajstić information content (AvgIpc) is 3.37. The number of aromatic nitrogens is 4. The molecule has 10 nitrogen and oxygen atoms in total. The zero-order valence-corrected chi connectivity index (χ0v) is 17.9. The van der Waals surface area contributed by atoms with E-state index in [1.807, 2.05) is 26.0 Å². The molecule has 1 aliphatic rings. The fourth-order valence-corrected chi connectivity index (χ4v) is 3.29. The van der Waals surface area contributed by atoms with Gasteiger partial charge in [-0.3, -0.25) is 4.90 Å². The zero-order chi connectivity index (χ0) is 22.1. The number of cyclic esters (lactones) is 1. The molecule has 2 N–H and O–H groups in total. The number of amides is 1. The monoisotopic (exact) mass is 444 g/mol. The highest BCUT2D eigenvalue weighted by atomic mass is 35.5. The minimum atomic E-state index is -0.773. The Bertz CT molecular complexity index is 1100. The topological polar surface area (TPSA) is 127 Å². The predicted octanol–water partition coefficient (Wildman–Crippen LogP) is 3.37. The van der Waals surface area contributed by atoms with E-state index in [1.165, 1.54) is 11.1 Å². The Labute approximate surface area is 183 Å². The van der Waals surface area contributed by atoms with Crippen LogP contribution in [-0.2, 0) is 4.74 Å². The summed E-state index contributed by atoms with van der Waals surface area (Å²) in [7, 11) is 0. The molecule has 0 bridgehead atoms. The number of benzene rings is 1. The highest BCUT2D eigenvalue weighted by Crippen LogP contribution is 2.26. The van der Waals surface area contributed by atoms with Crippen LogP contribution in [0.25, 0.3) is 11.4 Å². The second-order valence-electron chi connectivity index (χ2n) is 7.28. The van der Waals surface area contributed by atoms with E-state index < -0.39 is 24.3 Å². The smallest absolute Gasteiger partial charge is 0.416 e. The summed E-state index contributed by atoms with van der Waals surface area (Å²) < 4.78 is 10.4. The van der Waals surface area contributed by atoms with Crippen LogP contribution in [0.2, 0.25) is 5.02 Å². The second kappa shape index (κ2) is 8.48. The summed E-state index contributed by atoms with van der Waals surface area (Å²) in [6.07, 6.45) is 0.172. The van der Waals surface area contributed by atoms with E-state index in [9.17, 15) is 9.90 Å². The molecule has 0 saturated carbocycles. The molecule has 1 aliphatic heterocycles. The summed E-state index contributed by atoms with van der Waals surface area (Å²) in [5.74, 6) is 1.37. The lowest BCUT2D eigenvalue weighted by Crippen LogP contribution is -2.41. The Morgan fingerprint density at radius 1 is 1.29 bits per heavy atom. The Balaban J connectivity index is 1.51. The first-order chi connectivity index (χ1) is 14.8. The number of halogens is 1. The van der Waals surface area contributed by atoms with E-state index in [1.54, 1.807) is 19.1 Å². The van der Waals surface area contributed by atoms with Gasteiger partial charge >= 0.3 is 6.09 Å². The summed E-state index contributed by atoms with van der Waals surface area (Å²) in [5, 5.41) is 17.7. The number of nitrogens with one attached hydrogen (secondary N) is 1. The quantitative estimate of drug-likeness (QED) is 0.588. The third-order valence-corrected chi connectivity index (χ3v) is 5.35. The molecular formula is C20H21ClN6O4. The van der Waals surface area contributed by atoms with Gasteiger partial charge in [0.05, 0.1) is 6.10 Å². The van der Waals surface area contributed by atoms with Crippen LogP contribution in [0.5, 0.6) is 0 Å². The maximum atomic E-state index is 12.1. The predicted molar refractivity (Wildman–Crippen MR) is 113 cm³/mol. The van der Waals surface area contributed by atoms with Crippen molar-refractivity contribution < 1.29 is 19.2 Å². The number of carbonyl (C=O) groups excluding carboxylic acids is 1. The molecule has 3 aromatic rings. The number of aliphatic hydroxyl groups excluding tert-OH is 1. The molecule has 1 aromatic carbocycles. The van der Waals surface area contributed by atoms with Gasteiger partial charge in [0.25, 0.3) is 0 Å². The van der Waals surface area contributed by atoms with E-state index in [0.29, 0.717) is 22.6 Å². The van der Waals surface area contributed by atoms with Crippen molar-refractivity contribution in [3.05, 3.63) is 46.9 Å². The average molecular weight is 445 g/mol. The standard InChI is InChI=1S/C20H21ClN6O4/c1-10-8-13(4-5-14(10)21)17-25-18(31-26-17)11(2)23-19-22-7-6-16(24-19)27-15(12(3)28)9-30-20(27)29/h4-8,11-12,15,28H,9H2,1-3H3,(H,22,23,24)/t11-,12-,15-/m1/s1. The Hall–Kier alpha value is -3.24. The largest absolute Gasteiger partial charge is 0.447 e. The van der Waals surface area contributed by atoms with Gasteiger partial charge in [-0.2, -0.15) is 9.97 Å². The third-order valence-electron chi connectivity index (χ3n) is 4.92. The molecular weight excluding hydrogens is 424 g/mol. The molecule has 3 atom stereocenters. The summed E-state index contributed by atoms with van der Waals surface area (Å²) in [4.78, 5) is 26.4. The normalized spacial score (nSPS) is 18.0. The molecule has 0 spiro atoms. The number of carbonyl (C=O) groups is 1. The van der Waals surface area contributed by atoms with Gasteiger partial charge in [-0.15, -0.1) is 0 Å². The van der Waals surface area contributed by atoms with Crippen LogP contribution >= 0.6 is 11.6 Å². The third kappa shape index (κ3) is 4.30. The van der Waals surface area contributed by atoms with Crippen molar-refractivity contribution in [3.63, 3.8) is 0 Å². The van der Waals surface area contributed by atoms with Crippen LogP contribution in [0.1, 0.15) is 31.3 Å². The van der Waals surface area contributed by atoms with Gasteiger partial charge in [0.15, 0.2) is 0 Å². The van der Waals surface area contributed by atoms with Crippen LogP contribution in [0.3, 0.4) is 0 Å². The summed E-state index contributed by atoms with van der Waals surface area (Å²) in [5.41, 5.74) is 1.71. The summed E-state index contributed by atoms with van der Waals surface area (Å²) in [6, 6.07) is 6.15. The van der Waals surface area contributed by atoms with E-state index in [2.05, 4.69) is 25.4 Å². The Morgan fingerprint density at radius 2 is 2.10 bits per heavy atom. The fourth-order valence-electron chi connectivity index (χ4n) is 3.17. The Kier molecular flexibility index (Phi) is 5.75. The van der Waals surface area contributed by atoms with Crippen molar-refractivity contribution in [3.8, 4) is 11.4 Å². The molecule has 162 valence electrons. The zero-order valence-electron chi connectivity index (χ0n) is 17.1. The molecule has 0 aliphatic carbocycles. The van der Waals surface area contributed by atoms with Crippen LogP contribution in [0.4, 0.5) is 16.6 Å². The molecule has 0 radical (unpaired) electrons. The summed E-state index contributed by atoms with van der Waals surface area (Å²) in [6.45, 7) is 5.41. The van der Waals surface area contributed by atoms with Crippen molar-refractivity contribution in [2.45, 2.75) is 39.0 Å². The molecule has 4 rings (SSSR count). The van der Waals surface area contributed by atoms with Crippen LogP contribution < -0.4 is 10.2 Å². The highest BCUT2D eigenvalue weighted by Gasteiger charge is 2.38. The number of nitrogens with zero attached hydrogens (tertiary/aromatic N) is 5. The maximum absolute atomic E-state index is 12.1. The minimum absolute atomic E-state index is 0.0919. The molecule has 0 unspecified atom stereocenters. The Morgan fingerprint density at radius 3 is 2.84 bits per heavy atom. The number of aliphatic hydroxyl groups is 1. The molecule has 11 heteroatoms. The molecule has 1 saturated heterocycles. The lowest BCUT2D eigenvalue weighted by atomic mass is 10.1. The minimum Gasteiger partial charge on any atom is -0.447 e. The van der Waals surface area contributed by atoms with Crippen molar-refractivity contribution in [1.82, 2.24) is 20.1 Å². The number of rotatable bonds is 6. The molecule has 31 heavy (non-hydrogen) atoms. The maximum Gasteiger partial charge on any atom is 0.416 e. The SMILES string of the molecule is Cc1cc(-c2noc([C@@H](C)Nc3nccc(N4C(=O)OC[C@@H]4[C@@H](C)O)n3)n2)ccc1Cl. The number of ether oxygens (including phenoxy) is 1. The number of hydrogen-bond acceptors (Lipinski definition) is 9. The van der Waals surface area contributed by atoms with E-state index in [0.717, 1.165) is 11.1 Å². The van der Waals surface area contributed by atoms with E-state index in [-0.39, 0.29) is 12.6 Å². The van der Waals surface area contributed by atoms with Crippen molar-refractivity contribution in [1.29, 1.82) is 0 Å². The van der Waals surface area contributed by atoms with Crippen molar-refractivity contribution >= 4 is 29.5 Å². The van der Waals surface area contributed by atoms with Gasteiger partial charge < -0.3 is 19.7 Å². The second-order valence-corrected chi connectivity index (χ2v) is 7.69. The van der Waals surface area contributed by atoms with Gasteiger partial charge in [-0.05, 0) is 50.6 Å². The van der Waals surface area contributed by atoms with Crippen molar-refractivity contribution in [2.24, 2.45) is 0 Å². The highest BCUT2D eigenvalue weighted by molar-refractivity contribution is 6.31. The van der Waals surface area contributed by atoms with Gasteiger partial charge in [0, 0.05) is 16.8 Å². The number of aryl methyl sites for hydroxylation is 1. The first-order valence-electron chi connectivity index (χ1n) is 9.67. The van der Waals surface area contributed by atoms with E-state index in [4.69, 9.17) is 20.9 Å². The molecule has 1 fully saturated rings. The van der Waals surface area contributed by atoms with Crippen LogP contribution in [0.15, 0.2) is 35.0 Å². The van der Waals surface area contributed by atoms with Crippen LogP contribution in [-0.4, -0.2) is 50.1 Å². The first-order valence-corrected chi connectivity index (χ1v) is 10.0. The van der Waals surface area contributed by atoms with Crippen LogP contribution in [0, 0.1) is 6.92 Å². The van der Waals surface area contributed by atoms with Gasteiger partial charge in [-0.25, -0.2) is 9.78 Å². The lowest BCUT2D eigenvalue weighted by Gasteiger charge is -2.22. The van der Waals surface area contributed by atoms with Crippen molar-refractivity contribution in [2.75, 3.05) is 16.8 Å². The van der Waals surface area contributed by atoms with Gasteiger partial charge in [0.1, 0.15) is 24.5 Å². The molecule has 3 heterocycles. The fraction of sp³-hybridized carbons (Fsp3) is 0.350. The van der Waals surface area contributed by atoms with Gasteiger partial charge in [0.2, 0.25) is 17.7 Å². The number of hydrogen-bond donors (Lipinski definition) is 2. The van der Waals surface area contributed by atoms with E-state index >= 15 is 0 Å². The number of anilines is 2. The molecule has 1 amide bonds. The summed E-state index contributed by atoms with van der Waals surface area (Å²) >= 11 is 6.07. The molecule has 2 aromatic heterocycles.